The minimum Gasteiger partial charge on any atom is -0.379 e. The zero-order valence-corrected chi connectivity index (χ0v) is 15.8. The highest BCUT2D eigenvalue weighted by Crippen LogP contribution is 2.24. The van der Waals surface area contributed by atoms with Crippen LogP contribution < -0.4 is 5.32 Å². The van der Waals surface area contributed by atoms with Crippen molar-refractivity contribution in [3.05, 3.63) is 57.3 Å². The van der Waals surface area contributed by atoms with Gasteiger partial charge >= 0.3 is 0 Å². The first kappa shape index (κ1) is 18.1. The van der Waals surface area contributed by atoms with Crippen molar-refractivity contribution < 1.29 is 9.53 Å². The van der Waals surface area contributed by atoms with E-state index in [9.17, 15) is 4.79 Å². The van der Waals surface area contributed by atoms with Crippen LogP contribution in [0.4, 0.5) is 0 Å². The van der Waals surface area contributed by atoms with Gasteiger partial charge in [-0.2, -0.15) is 0 Å². The Morgan fingerprint density at radius 3 is 2.52 bits per heavy atom. The predicted molar refractivity (Wildman–Crippen MR) is 102 cm³/mol. The molecule has 2 heterocycles. The van der Waals surface area contributed by atoms with Crippen molar-refractivity contribution in [2.45, 2.75) is 32.9 Å². The van der Waals surface area contributed by atoms with Gasteiger partial charge < -0.3 is 10.1 Å². The van der Waals surface area contributed by atoms with Crippen LogP contribution in [-0.2, 0) is 17.8 Å². The first-order valence-electron chi connectivity index (χ1n) is 8.87. The van der Waals surface area contributed by atoms with Crippen molar-refractivity contribution in [2.75, 3.05) is 26.3 Å². The molecule has 0 radical (unpaired) electrons. The number of rotatable bonds is 6. The molecule has 0 aliphatic carbocycles. The lowest BCUT2D eigenvalue weighted by atomic mass is 10.0. The molecule has 0 atom stereocenters. The molecule has 5 heteroatoms. The van der Waals surface area contributed by atoms with Crippen LogP contribution in [0.3, 0.4) is 0 Å². The maximum atomic E-state index is 12.4. The summed E-state index contributed by atoms with van der Waals surface area (Å²) >= 11 is 1.52. The van der Waals surface area contributed by atoms with Crippen molar-refractivity contribution >= 4 is 17.2 Å². The molecule has 1 amide bonds. The molecule has 1 aromatic carbocycles. The Morgan fingerprint density at radius 1 is 1.16 bits per heavy atom. The van der Waals surface area contributed by atoms with E-state index in [1.165, 1.54) is 16.9 Å². The average Bonchev–Trinajstić information content (AvgIpc) is 3.12. The number of amides is 1. The Balaban J connectivity index is 1.53. The average molecular weight is 359 g/mol. The van der Waals surface area contributed by atoms with E-state index in [4.69, 9.17) is 4.74 Å². The molecule has 1 N–H and O–H groups in total. The number of nitrogens with zero attached hydrogens (tertiary/aromatic N) is 1. The number of nitrogens with one attached hydrogen (secondary N) is 1. The zero-order valence-electron chi connectivity index (χ0n) is 15.0. The lowest BCUT2D eigenvalue weighted by Crippen LogP contribution is -2.35. The van der Waals surface area contributed by atoms with Crippen molar-refractivity contribution in [3.63, 3.8) is 0 Å². The molecule has 0 spiro atoms. The summed E-state index contributed by atoms with van der Waals surface area (Å²) in [6.07, 6.45) is 0. The highest BCUT2D eigenvalue weighted by molar-refractivity contribution is 7.12. The molecule has 0 unspecified atom stereocenters. The van der Waals surface area contributed by atoms with Crippen LogP contribution in [0, 0.1) is 0 Å². The van der Waals surface area contributed by atoms with Crippen LogP contribution >= 0.6 is 11.3 Å². The van der Waals surface area contributed by atoms with Crippen molar-refractivity contribution in [1.29, 1.82) is 0 Å². The number of carbonyl (C=O) groups is 1. The maximum absolute atomic E-state index is 12.4. The van der Waals surface area contributed by atoms with Crippen molar-refractivity contribution in [2.24, 2.45) is 0 Å². The van der Waals surface area contributed by atoms with Gasteiger partial charge in [0.25, 0.3) is 5.91 Å². The van der Waals surface area contributed by atoms with E-state index >= 15 is 0 Å². The van der Waals surface area contributed by atoms with Crippen LogP contribution in [0.1, 0.15) is 46.1 Å². The second kappa shape index (κ2) is 8.61. The number of carbonyl (C=O) groups excluding carboxylic acids is 1. The van der Waals surface area contributed by atoms with Gasteiger partial charge in [-0.15, -0.1) is 11.3 Å². The Bertz CT molecular complexity index is 688. The first-order chi connectivity index (χ1) is 12.1. The molecule has 1 saturated heterocycles. The smallest absolute Gasteiger partial charge is 0.261 e. The fourth-order valence-corrected chi connectivity index (χ4v) is 3.97. The molecule has 1 aliphatic rings. The number of benzene rings is 1. The zero-order chi connectivity index (χ0) is 17.6. The molecule has 25 heavy (non-hydrogen) atoms. The lowest BCUT2D eigenvalue weighted by molar-refractivity contribution is 0.0342. The largest absolute Gasteiger partial charge is 0.379 e. The molecule has 1 aromatic heterocycles. The summed E-state index contributed by atoms with van der Waals surface area (Å²) in [5, 5.41) is 5.03. The molecular weight excluding hydrogens is 332 g/mol. The third kappa shape index (κ3) is 4.91. The number of morpholine rings is 1. The second-order valence-electron chi connectivity index (χ2n) is 6.75. The molecular formula is C20H26N2O2S. The van der Waals surface area contributed by atoms with Gasteiger partial charge in [0.15, 0.2) is 0 Å². The Kier molecular flexibility index (Phi) is 6.24. The lowest BCUT2D eigenvalue weighted by Gasteiger charge is -2.26. The van der Waals surface area contributed by atoms with Gasteiger partial charge in [0.1, 0.15) is 0 Å². The molecule has 134 valence electrons. The van der Waals surface area contributed by atoms with Gasteiger partial charge in [0.2, 0.25) is 0 Å². The third-order valence-corrected chi connectivity index (χ3v) is 5.44. The van der Waals surface area contributed by atoms with Crippen LogP contribution in [-0.4, -0.2) is 37.1 Å². The summed E-state index contributed by atoms with van der Waals surface area (Å²) in [4.78, 5) is 15.7. The monoisotopic (exact) mass is 358 g/mol. The highest BCUT2D eigenvalue weighted by Gasteiger charge is 2.15. The summed E-state index contributed by atoms with van der Waals surface area (Å²) in [6, 6.07) is 10.6. The molecule has 0 saturated carbocycles. The summed E-state index contributed by atoms with van der Waals surface area (Å²) < 4.78 is 5.38. The van der Waals surface area contributed by atoms with E-state index in [1.807, 2.05) is 11.4 Å². The summed E-state index contributed by atoms with van der Waals surface area (Å²) in [6.45, 7) is 9.40. The normalized spacial score (nSPS) is 15.5. The first-order valence-corrected chi connectivity index (χ1v) is 9.75. The maximum Gasteiger partial charge on any atom is 0.261 e. The Hall–Kier alpha value is -1.69. The van der Waals surface area contributed by atoms with Crippen LogP contribution in [0.5, 0.6) is 0 Å². The van der Waals surface area contributed by atoms with Gasteiger partial charge in [0, 0.05) is 26.2 Å². The molecule has 4 nitrogen and oxygen atoms in total. The van der Waals surface area contributed by atoms with Gasteiger partial charge in [-0.1, -0.05) is 38.1 Å². The fourth-order valence-electron chi connectivity index (χ4n) is 3.00. The van der Waals surface area contributed by atoms with Crippen LogP contribution in [0.15, 0.2) is 35.7 Å². The van der Waals surface area contributed by atoms with Gasteiger partial charge in [0.05, 0.1) is 18.1 Å². The standard InChI is InChI=1S/C20H26N2O2S/c1-15(2)18-7-12-25-19(18)20(23)21-13-16-3-5-17(6-4-16)14-22-8-10-24-11-9-22/h3-7,12,15H,8-11,13-14H2,1-2H3,(H,21,23). The molecule has 0 bridgehead atoms. The van der Waals surface area contributed by atoms with E-state index in [0.717, 1.165) is 48.9 Å². The second-order valence-corrected chi connectivity index (χ2v) is 7.66. The molecule has 1 aliphatic heterocycles. The predicted octanol–water partition coefficient (Wildman–Crippen LogP) is 3.63. The summed E-state index contributed by atoms with van der Waals surface area (Å²) in [5.41, 5.74) is 3.56. The molecule has 2 aromatic rings. The van der Waals surface area contributed by atoms with Crippen LogP contribution in [0.2, 0.25) is 0 Å². The molecule has 1 fully saturated rings. The fraction of sp³-hybridized carbons (Fsp3) is 0.450. The van der Waals surface area contributed by atoms with Crippen LogP contribution in [0.25, 0.3) is 0 Å². The van der Waals surface area contributed by atoms with Gasteiger partial charge in [-0.05, 0) is 34.1 Å². The minimum atomic E-state index is 0.0242. The summed E-state index contributed by atoms with van der Waals surface area (Å²) in [7, 11) is 0. The number of hydrogen-bond acceptors (Lipinski definition) is 4. The van der Waals surface area contributed by atoms with E-state index in [2.05, 4.69) is 48.3 Å². The Labute approximate surface area is 153 Å². The Morgan fingerprint density at radius 2 is 1.84 bits per heavy atom. The van der Waals surface area contributed by atoms with E-state index in [1.54, 1.807) is 0 Å². The quantitative estimate of drug-likeness (QED) is 0.857. The minimum absolute atomic E-state index is 0.0242. The highest BCUT2D eigenvalue weighted by atomic mass is 32.1. The topological polar surface area (TPSA) is 41.6 Å². The van der Waals surface area contributed by atoms with Gasteiger partial charge in [-0.25, -0.2) is 0 Å². The number of hydrogen-bond donors (Lipinski definition) is 1. The van der Waals surface area contributed by atoms with E-state index < -0.39 is 0 Å². The van der Waals surface area contributed by atoms with Crippen molar-refractivity contribution in [3.8, 4) is 0 Å². The SMILES string of the molecule is CC(C)c1ccsc1C(=O)NCc1ccc(CN2CCOCC2)cc1. The van der Waals surface area contributed by atoms with E-state index in [0.29, 0.717) is 12.5 Å². The van der Waals surface area contributed by atoms with E-state index in [-0.39, 0.29) is 5.91 Å². The third-order valence-electron chi connectivity index (χ3n) is 4.51. The molecule has 3 rings (SSSR count). The van der Waals surface area contributed by atoms with Crippen molar-refractivity contribution in [1.82, 2.24) is 10.2 Å². The van der Waals surface area contributed by atoms with Gasteiger partial charge in [-0.3, -0.25) is 9.69 Å². The summed E-state index contributed by atoms with van der Waals surface area (Å²) in [5.74, 6) is 0.391. The number of thiophene rings is 1. The number of ether oxygens (including phenoxy) is 1.